The first-order valence-electron chi connectivity index (χ1n) is 6.34. The van der Waals surface area contributed by atoms with Crippen molar-refractivity contribution < 1.29 is 4.79 Å². The van der Waals surface area contributed by atoms with Gasteiger partial charge >= 0.3 is 0 Å². The van der Waals surface area contributed by atoms with E-state index < -0.39 is 0 Å². The van der Waals surface area contributed by atoms with Crippen molar-refractivity contribution in [2.24, 2.45) is 0 Å². The molecule has 18 heavy (non-hydrogen) atoms. The van der Waals surface area contributed by atoms with Gasteiger partial charge in [-0.2, -0.15) is 0 Å². The Labute approximate surface area is 122 Å². The molecule has 1 aromatic rings. The van der Waals surface area contributed by atoms with Gasteiger partial charge in [-0.1, -0.05) is 0 Å². The zero-order valence-corrected chi connectivity index (χ0v) is 13.6. The van der Waals surface area contributed by atoms with Crippen LogP contribution in [0.1, 0.15) is 38.1 Å². The van der Waals surface area contributed by atoms with Gasteiger partial charge < -0.3 is 10.2 Å². The Kier molecular flexibility index (Phi) is 6.89. The van der Waals surface area contributed by atoms with Crippen LogP contribution in [0.5, 0.6) is 0 Å². The highest BCUT2D eigenvalue weighted by Gasteiger charge is 2.11. The number of carbonyl (C=O) groups excluding carboxylic acids is 1. The molecule has 0 saturated carbocycles. The summed E-state index contributed by atoms with van der Waals surface area (Å²) >= 11 is 5.19. The average Bonchev–Trinajstić information content (AvgIpc) is 2.77. The van der Waals surface area contributed by atoms with Crippen molar-refractivity contribution in [3.63, 3.8) is 0 Å². The highest BCUT2D eigenvalue weighted by atomic mass is 79.9. The van der Waals surface area contributed by atoms with E-state index in [4.69, 9.17) is 0 Å². The van der Waals surface area contributed by atoms with Gasteiger partial charge in [0.1, 0.15) is 0 Å². The Hall–Kier alpha value is -0.390. The second-order valence-electron chi connectivity index (χ2n) is 4.13. The fourth-order valence-corrected chi connectivity index (χ4v) is 3.24. The van der Waals surface area contributed by atoms with Gasteiger partial charge in [0.05, 0.1) is 3.79 Å². The molecule has 0 bridgehead atoms. The van der Waals surface area contributed by atoms with E-state index >= 15 is 0 Å². The first kappa shape index (κ1) is 15.7. The van der Waals surface area contributed by atoms with Crippen LogP contribution in [0.4, 0.5) is 0 Å². The van der Waals surface area contributed by atoms with Gasteiger partial charge in [0.25, 0.3) is 0 Å². The summed E-state index contributed by atoms with van der Waals surface area (Å²) in [6.45, 7) is 8.47. The molecule has 1 heterocycles. The van der Waals surface area contributed by atoms with Crippen LogP contribution in [0.2, 0.25) is 0 Å². The van der Waals surface area contributed by atoms with E-state index in [-0.39, 0.29) is 5.91 Å². The Morgan fingerprint density at radius 1 is 1.44 bits per heavy atom. The third kappa shape index (κ3) is 4.71. The number of hydrogen-bond donors (Lipinski definition) is 1. The lowest BCUT2D eigenvalue weighted by Gasteiger charge is -2.19. The third-order valence-electron chi connectivity index (χ3n) is 2.93. The molecule has 0 aliphatic carbocycles. The van der Waals surface area contributed by atoms with Crippen LogP contribution in [0, 0.1) is 0 Å². The quantitative estimate of drug-likeness (QED) is 0.829. The SMILES string of the molecule is CCN(CC)C(=O)CCNC(C)c1ccc(Br)s1. The van der Waals surface area contributed by atoms with Crippen LogP contribution >= 0.6 is 27.3 Å². The first-order chi connectivity index (χ1) is 8.58. The zero-order valence-electron chi connectivity index (χ0n) is 11.2. The summed E-state index contributed by atoms with van der Waals surface area (Å²) in [5, 5.41) is 3.39. The number of nitrogens with zero attached hydrogens (tertiary/aromatic N) is 1. The summed E-state index contributed by atoms with van der Waals surface area (Å²) in [5.41, 5.74) is 0. The Balaban J connectivity index is 2.31. The summed E-state index contributed by atoms with van der Waals surface area (Å²) in [4.78, 5) is 15.0. The largest absolute Gasteiger partial charge is 0.343 e. The fraction of sp³-hybridized carbons (Fsp3) is 0.615. The Bertz CT molecular complexity index is 377. The Morgan fingerprint density at radius 3 is 2.61 bits per heavy atom. The van der Waals surface area contributed by atoms with Crippen LogP contribution in [0.25, 0.3) is 0 Å². The van der Waals surface area contributed by atoms with Crippen LogP contribution in [0.15, 0.2) is 15.9 Å². The number of thiophene rings is 1. The second kappa shape index (κ2) is 7.92. The first-order valence-corrected chi connectivity index (χ1v) is 7.95. The maximum atomic E-state index is 11.8. The molecule has 0 radical (unpaired) electrons. The van der Waals surface area contributed by atoms with Gasteiger partial charge in [-0.3, -0.25) is 4.79 Å². The van der Waals surface area contributed by atoms with Gasteiger partial charge in [-0.25, -0.2) is 0 Å². The monoisotopic (exact) mass is 332 g/mol. The molecule has 102 valence electrons. The lowest BCUT2D eigenvalue weighted by atomic mass is 10.2. The predicted octanol–water partition coefficient (Wildman–Crippen LogP) is 3.42. The van der Waals surface area contributed by atoms with E-state index in [1.54, 1.807) is 11.3 Å². The van der Waals surface area contributed by atoms with Gasteiger partial charge in [-0.15, -0.1) is 11.3 Å². The van der Waals surface area contributed by atoms with Crippen molar-refractivity contribution in [1.29, 1.82) is 0 Å². The molecule has 1 amide bonds. The highest BCUT2D eigenvalue weighted by Crippen LogP contribution is 2.26. The van der Waals surface area contributed by atoms with Crippen molar-refractivity contribution >= 4 is 33.2 Å². The molecule has 3 nitrogen and oxygen atoms in total. The normalized spacial score (nSPS) is 12.4. The van der Waals surface area contributed by atoms with Gasteiger partial charge in [0.15, 0.2) is 0 Å². The molecule has 0 aliphatic heterocycles. The number of amides is 1. The van der Waals surface area contributed by atoms with Gasteiger partial charge in [0.2, 0.25) is 5.91 Å². The topological polar surface area (TPSA) is 32.3 Å². The van der Waals surface area contributed by atoms with Crippen LogP contribution in [0.3, 0.4) is 0 Å². The smallest absolute Gasteiger partial charge is 0.223 e. The van der Waals surface area contributed by atoms with Crippen LogP contribution in [-0.4, -0.2) is 30.4 Å². The van der Waals surface area contributed by atoms with E-state index in [0.29, 0.717) is 12.5 Å². The van der Waals surface area contributed by atoms with Crippen molar-refractivity contribution in [3.05, 3.63) is 20.8 Å². The van der Waals surface area contributed by atoms with E-state index in [9.17, 15) is 4.79 Å². The van der Waals surface area contributed by atoms with Crippen molar-refractivity contribution in [2.45, 2.75) is 33.2 Å². The molecule has 1 unspecified atom stereocenters. The van der Waals surface area contributed by atoms with Crippen molar-refractivity contribution in [3.8, 4) is 0 Å². The van der Waals surface area contributed by atoms with E-state index in [0.717, 1.165) is 23.4 Å². The van der Waals surface area contributed by atoms with E-state index in [1.165, 1.54) is 4.88 Å². The number of carbonyl (C=O) groups is 1. The minimum atomic E-state index is 0.229. The summed E-state index contributed by atoms with van der Waals surface area (Å²) in [6.07, 6.45) is 0.568. The maximum Gasteiger partial charge on any atom is 0.223 e. The summed E-state index contributed by atoms with van der Waals surface area (Å²) in [6, 6.07) is 4.46. The molecular weight excluding hydrogens is 312 g/mol. The zero-order chi connectivity index (χ0) is 13.5. The standard InChI is InChI=1S/C13H21BrN2OS/c1-4-16(5-2)13(17)8-9-15-10(3)11-6-7-12(14)18-11/h6-7,10,15H,4-5,8-9H2,1-3H3. The number of rotatable bonds is 7. The number of nitrogens with one attached hydrogen (secondary N) is 1. The molecule has 1 rings (SSSR count). The molecule has 0 aromatic carbocycles. The van der Waals surface area contributed by atoms with E-state index in [2.05, 4.69) is 40.3 Å². The third-order valence-corrected chi connectivity index (χ3v) is 4.73. The predicted molar refractivity (Wildman–Crippen MR) is 81.0 cm³/mol. The lowest BCUT2D eigenvalue weighted by molar-refractivity contribution is -0.130. The van der Waals surface area contributed by atoms with Crippen molar-refractivity contribution in [2.75, 3.05) is 19.6 Å². The molecule has 1 aromatic heterocycles. The summed E-state index contributed by atoms with van der Waals surface area (Å²) in [7, 11) is 0. The molecule has 0 saturated heterocycles. The van der Waals surface area contributed by atoms with Gasteiger partial charge in [0, 0.05) is 37.0 Å². The number of hydrogen-bond acceptors (Lipinski definition) is 3. The minimum Gasteiger partial charge on any atom is -0.343 e. The fourth-order valence-electron chi connectivity index (χ4n) is 1.79. The summed E-state index contributed by atoms with van der Waals surface area (Å²) < 4.78 is 1.14. The van der Waals surface area contributed by atoms with E-state index in [1.807, 2.05) is 18.7 Å². The molecule has 0 fully saturated rings. The van der Waals surface area contributed by atoms with Crippen molar-refractivity contribution in [1.82, 2.24) is 10.2 Å². The Morgan fingerprint density at radius 2 is 2.11 bits per heavy atom. The molecule has 5 heteroatoms. The molecule has 0 aliphatic rings. The molecule has 0 spiro atoms. The maximum absolute atomic E-state index is 11.8. The second-order valence-corrected chi connectivity index (χ2v) is 6.63. The molecule has 1 N–H and O–H groups in total. The molecular formula is C13H21BrN2OS. The van der Waals surface area contributed by atoms with Gasteiger partial charge in [-0.05, 0) is 48.8 Å². The highest BCUT2D eigenvalue weighted by molar-refractivity contribution is 9.11. The van der Waals surface area contributed by atoms with Crippen LogP contribution < -0.4 is 5.32 Å². The average molecular weight is 333 g/mol. The van der Waals surface area contributed by atoms with Crippen LogP contribution in [-0.2, 0) is 4.79 Å². The molecule has 1 atom stereocenters. The number of halogens is 1. The minimum absolute atomic E-state index is 0.229. The lowest BCUT2D eigenvalue weighted by Crippen LogP contribution is -2.33. The summed E-state index contributed by atoms with van der Waals surface area (Å²) in [5.74, 6) is 0.229.